The summed E-state index contributed by atoms with van der Waals surface area (Å²) in [5.41, 5.74) is 2.00. The van der Waals surface area contributed by atoms with Gasteiger partial charge in [0.05, 0.1) is 30.3 Å². The SMILES string of the molecule is CC1CN(C(=O)Cc2cnn3ccccc23)CC(C2CC2)O1. The molecule has 2 aromatic heterocycles. The van der Waals surface area contributed by atoms with Crippen LogP contribution in [-0.4, -0.2) is 45.7 Å². The number of ether oxygens (including phenoxy) is 1. The summed E-state index contributed by atoms with van der Waals surface area (Å²) in [6.45, 7) is 3.50. The summed E-state index contributed by atoms with van der Waals surface area (Å²) in [4.78, 5) is 14.7. The number of fused-ring (bicyclic) bond motifs is 1. The number of aromatic nitrogens is 2. The maximum absolute atomic E-state index is 12.7. The van der Waals surface area contributed by atoms with Crippen LogP contribution in [0.4, 0.5) is 0 Å². The molecule has 2 aliphatic rings. The highest BCUT2D eigenvalue weighted by atomic mass is 16.5. The molecule has 0 bridgehead atoms. The number of carbonyl (C=O) groups excluding carboxylic acids is 1. The highest BCUT2D eigenvalue weighted by Crippen LogP contribution is 2.36. The zero-order valence-electron chi connectivity index (χ0n) is 12.8. The molecule has 1 amide bonds. The molecule has 0 N–H and O–H groups in total. The topological polar surface area (TPSA) is 46.8 Å². The second-order valence-corrected chi connectivity index (χ2v) is 6.50. The molecule has 2 aromatic rings. The Balaban J connectivity index is 1.49. The molecule has 0 aromatic carbocycles. The molecule has 2 fully saturated rings. The van der Waals surface area contributed by atoms with Crippen LogP contribution in [0, 0.1) is 5.92 Å². The molecule has 0 radical (unpaired) electrons. The third kappa shape index (κ3) is 2.61. The summed E-state index contributed by atoms with van der Waals surface area (Å²) in [6.07, 6.45) is 6.97. The Morgan fingerprint density at radius 2 is 2.23 bits per heavy atom. The van der Waals surface area contributed by atoms with Gasteiger partial charge in [0, 0.05) is 24.8 Å². The van der Waals surface area contributed by atoms with Crippen molar-refractivity contribution in [3.63, 3.8) is 0 Å². The summed E-state index contributed by atoms with van der Waals surface area (Å²) in [7, 11) is 0. The van der Waals surface area contributed by atoms with E-state index in [1.54, 1.807) is 6.20 Å². The van der Waals surface area contributed by atoms with Crippen molar-refractivity contribution >= 4 is 11.4 Å². The van der Waals surface area contributed by atoms with Gasteiger partial charge in [0.1, 0.15) is 0 Å². The fourth-order valence-corrected chi connectivity index (χ4v) is 3.32. The van der Waals surface area contributed by atoms with E-state index in [4.69, 9.17) is 4.74 Å². The first-order valence-electron chi connectivity index (χ1n) is 8.05. The summed E-state index contributed by atoms with van der Waals surface area (Å²) in [5, 5.41) is 4.31. The van der Waals surface area contributed by atoms with Gasteiger partial charge in [-0.1, -0.05) is 6.07 Å². The van der Waals surface area contributed by atoms with Crippen molar-refractivity contribution in [1.82, 2.24) is 14.5 Å². The zero-order chi connectivity index (χ0) is 15.1. The summed E-state index contributed by atoms with van der Waals surface area (Å²) in [5.74, 6) is 0.842. The molecule has 1 aliphatic heterocycles. The monoisotopic (exact) mass is 299 g/mol. The lowest BCUT2D eigenvalue weighted by atomic mass is 10.1. The largest absolute Gasteiger partial charge is 0.371 e. The van der Waals surface area contributed by atoms with Crippen LogP contribution in [0.15, 0.2) is 30.6 Å². The molecule has 1 saturated carbocycles. The fraction of sp³-hybridized carbons (Fsp3) is 0.529. The molecule has 2 unspecified atom stereocenters. The van der Waals surface area contributed by atoms with Gasteiger partial charge in [0.25, 0.3) is 0 Å². The molecule has 3 heterocycles. The Labute approximate surface area is 129 Å². The van der Waals surface area contributed by atoms with Crippen LogP contribution in [0.1, 0.15) is 25.3 Å². The lowest BCUT2D eigenvalue weighted by molar-refractivity contribution is -0.145. The second-order valence-electron chi connectivity index (χ2n) is 6.50. The van der Waals surface area contributed by atoms with Crippen molar-refractivity contribution < 1.29 is 9.53 Å². The molecule has 1 saturated heterocycles. The molecule has 116 valence electrons. The Hall–Kier alpha value is -1.88. The van der Waals surface area contributed by atoms with Crippen molar-refractivity contribution in [1.29, 1.82) is 0 Å². The van der Waals surface area contributed by atoms with E-state index >= 15 is 0 Å². The van der Waals surface area contributed by atoms with Gasteiger partial charge in [-0.05, 0) is 37.8 Å². The minimum atomic E-state index is 0.132. The van der Waals surface area contributed by atoms with Crippen molar-refractivity contribution in [2.75, 3.05) is 13.1 Å². The number of morpholine rings is 1. The number of rotatable bonds is 3. The minimum Gasteiger partial charge on any atom is -0.371 e. The molecule has 0 spiro atoms. The summed E-state index contributed by atoms with van der Waals surface area (Å²) in [6, 6.07) is 5.92. The first-order valence-corrected chi connectivity index (χ1v) is 8.05. The average molecular weight is 299 g/mol. The van der Waals surface area contributed by atoms with Gasteiger partial charge >= 0.3 is 0 Å². The van der Waals surface area contributed by atoms with Crippen LogP contribution in [0.25, 0.3) is 5.52 Å². The van der Waals surface area contributed by atoms with E-state index in [0.717, 1.165) is 17.6 Å². The fourth-order valence-electron chi connectivity index (χ4n) is 3.32. The van der Waals surface area contributed by atoms with E-state index in [2.05, 4.69) is 12.0 Å². The predicted molar refractivity (Wildman–Crippen MR) is 82.5 cm³/mol. The van der Waals surface area contributed by atoms with Gasteiger partial charge in [-0.25, -0.2) is 4.52 Å². The van der Waals surface area contributed by atoms with Crippen molar-refractivity contribution in [2.45, 2.75) is 38.4 Å². The van der Waals surface area contributed by atoms with Crippen LogP contribution in [0.3, 0.4) is 0 Å². The van der Waals surface area contributed by atoms with E-state index in [-0.39, 0.29) is 18.1 Å². The van der Waals surface area contributed by atoms with Crippen LogP contribution in [0.2, 0.25) is 0 Å². The molecule has 4 rings (SSSR count). The number of pyridine rings is 1. The zero-order valence-corrected chi connectivity index (χ0v) is 12.8. The minimum absolute atomic E-state index is 0.132. The van der Waals surface area contributed by atoms with Gasteiger partial charge in [-0.2, -0.15) is 5.10 Å². The lowest BCUT2D eigenvalue weighted by Gasteiger charge is -2.37. The van der Waals surface area contributed by atoms with Crippen molar-refractivity contribution in [2.24, 2.45) is 5.92 Å². The molecule has 5 heteroatoms. The second kappa shape index (κ2) is 5.39. The van der Waals surface area contributed by atoms with Crippen LogP contribution in [-0.2, 0) is 16.0 Å². The molecule has 2 atom stereocenters. The quantitative estimate of drug-likeness (QED) is 0.869. The smallest absolute Gasteiger partial charge is 0.227 e. The van der Waals surface area contributed by atoms with Gasteiger partial charge in [-0.3, -0.25) is 4.79 Å². The van der Waals surface area contributed by atoms with Gasteiger partial charge < -0.3 is 9.64 Å². The first kappa shape index (κ1) is 13.8. The lowest BCUT2D eigenvalue weighted by Crippen LogP contribution is -2.50. The predicted octanol–water partition coefficient (Wildman–Crippen LogP) is 1.90. The first-order chi connectivity index (χ1) is 10.7. The van der Waals surface area contributed by atoms with Gasteiger partial charge in [-0.15, -0.1) is 0 Å². The third-order valence-corrected chi connectivity index (χ3v) is 4.63. The van der Waals surface area contributed by atoms with E-state index in [1.165, 1.54) is 12.8 Å². The molecule has 5 nitrogen and oxygen atoms in total. The number of amides is 1. The van der Waals surface area contributed by atoms with Gasteiger partial charge in [0.15, 0.2) is 0 Å². The Morgan fingerprint density at radius 1 is 1.36 bits per heavy atom. The average Bonchev–Trinajstić information content (AvgIpc) is 3.30. The molecule has 1 aliphatic carbocycles. The molecular formula is C17H21N3O2. The summed E-state index contributed by atoms with van der Waals surface area (Å²) >= 11 is 0. The van der Waals surface area contributed by atoms with E-state index < -0.39 is 0 Å². The van der Waals surface area contributed by atoms with E-state index in [1.807, 2.05) is 33.8 Å². The normalized spacial score (nSPS) is 25.6. The number of hydrogen-bond donors (Lipinski definition) is 0. The third-order valence-electron chi connectivity index (χ3n) is 4.63. The number of carbonyl (C=O) groups is 1. The van der Waals surface area contributed by atoms with Crippen LogP contribution >= 0.6 is 0 Å². The van der Waals surface area contributed by atoms with Crippen LogP contribution < -0.4 is 0 Å². The standard InChI is InChI=1S/C17H21N3O2/c1-12-10-19(11-16(22-12)13-5-6-13)17(21)8-14-9-18-20-7-3-2-4-15(14)20/h2-4,7,9,12-13,16H,5-6,8,10-11H2,1H3. The highest BCUT2D eigenvalue weighted by Gasteiger charge is 2.38. The Morgan fingerprint density at radius 3 is 3.05 bits per heavy atom. The Kier molecular flexibility index (Phi) is 3.37. The van der Waals surface area contributed by atoms with E-state index in [0.29, 0.717) is 18.9 Å². The van der Waals surface area contributed by atoms with E-state index in [9.17, 15) is 4.79 Å². The molecular weight excluding hydrogens is 278 g/mol. The Bertz CT molecular complexity index is 692. The maximum Gasteiger partial charge on any atom is 0.227 e. The van der Waals surface area contributed by atoms with Crippen molar-refractivity contribution in [3.8, 4) is 0 Å². The highest BCUT2D eigenvalue weighted by molar-refractivity contribution is 5.81. The summed E-state index contributed by atoms with van der Waals surface area (Å²) < 4.78 is 7.80. The van der Waals surface area contributed by atoms with Crippen LogP contribution in [0.5, 0.6) is 0 Å². The number of nitrogens with zero attached hydrogens (tertiary/aromatic N) is 3. The molecule has 22 heavy (non-hydrogen) atoms. The number of hydrogen-bond acceptors (Lipinski definition) is 3. The van der Waals surface area contributed by atoms with Gasteiger partial charge in [0.2, 0.25) is 5.91 Å². The van der Waals surface area contributed by atoms with Crippen molar-refractivity contribution in [3.05, 3.63) is 36.2 Å². The maximum atomic E-state index is 12.7.